The second kappa shape index (κ2) is 6.31. The first-order chi connectivity index (χ1) is 11.6. The molecule has 3 heterocycles. The van der Waals surface area contributed by atoms with E-state index in [1.54, 1.807) is 0 Å². The molecule has 0 radical (unpaired) electrons. The second-order valence-electron chi connectivity index (χ2n) is 6.26. The second-order valence-corrected chi connectivity index (χ2v) is 7.85. The molecule has 1 amide bonds. The van der Waals surface area contributed by atoms with Crippen molar-refractivity contribution in [2.75, 3.05) is 36.4 Å². The Morgan fingerprint density at radius 3 is 2.67 bits per heavy atom. The van der Waals surface area contributed by atoms with Gasteiger partial charge >= 0.3 is 0 Å². The zero-order valence-electron chi connectivity index (χ0n) is 13.5. The molecule has 2 aliphatic heterocycles. The van der Waals surface area contributed by atoms with Gasteiger partial charge in [-0.2, -0.15) is 0 Å². The first-order valence-corrected chi connectivity index (χ1v) is 9.80. The highest BCUT2D eigenvalue weighted by Crippen LogP contribution is 2.44. The smallest absolute Gasteiger partial charge is 0.221 e. The Hall–Kier alpha value is -1.12. The topological polar surface area (TPSA) is 62.2 Å². The number of benzene rings is 1. The molecule has 2 N–H and O–H groups in total. The minimum atomic E-state index is -0.0908. The number of anilines is 2. The zero-order chi connectivity index (χ0) is 16.8. The molecule has 0 saturated carbocycles. The summed E-state index contributed by atoms with van der Waals surface area (Å²) in [6.45, 7) is 6.35. The Morgan fingerprint density at radius 2 is 1.96 bits per heavy atom. The number of nitrogens with one attached hydrogen (secondary N) is 2. The predicted molar refractivity (Wildman–Crippen MR) is 103 cm³/mol. The van der Waals surface area contributed by atoms with Gasteiger partial charge in [-0.05, 0) is 50.3 Å². The molecule has 6 nitrogen and oxygen atoms in total. The number of nitrogens with zero attached hydrogens (tertiary/aromatic N) is 3. The summed E-state index contributed by atoms with van der Waals surface area (Å²) in [6, 6.07) is 0. The molecule has 1 aromatic heterocycles. The van der Waals surface area contributed by atoms with Crippen LogP contribution in [0.15, 0.2) is 8.95 Å². The van der Waals surface area contributed by atoms with Crippen LogP contribution in [0.4, 0.5) is 11.6 Å². The first-order valence-electron chi connectivity index (χ1n) is 8.21. The maximum absolute atomic E-state index is 11.7. The lowest BCUT2D eigenvalue weighted by atomic mass is 10.0. The molecule has 2 aromatic rings. The normalized spacial score (nSPS) is 17.4. The average molecular weight is 457 g/mol. The molecule has 2 aliphatic rings. The van der Waals surface area contributed by atoms with Crippen LogP contribution in [0, 0.1) is 0 Å². The Bertz CT molecular complexity index is 826. The fraction of sp³-hybridized carbons (Fsp3) is 0.500. The quantitative estimate of drug-likeness (QED) is 0.729. The van der Waals surface area contributed by atoms with Crippen LogP contribution in [0.5, 0.6) is 0 Å². The molecular formula is C16H19Br2N5O. The van der Waals surface area contributed by atoms with E-state index in [1.807, 2.05) is 0 Å². The summed E-state index contributed by atoms with van der Waals surface area (Å²) in [5.74, 6) is 0.927. The van der Waals surface area contributed by atoms with Gasteiger partial charge in [-0.1, -0.05) is 0 Å². The lowest BCUT2D eigenvalue weighted by Gasteiger charge is -2.29. The Balaban J connectivity index is 1.97. The minimum absolute atomic E-state index is 0.0908. The van der Waals surface area contributed by atoms with Crippen LogP contribution in [0.2, 0.25) is 0 Å². The monoisotopic (exact) mass is 455 g/mol. The Labute approximate surface area is 157 Å². The van der Waals surface area contributed by atoms with Crippen molar-refractivity contribution in [3.05, 3.63) is 14.5 Å². The molecule has 0 spiro atoms. The van der Waals surface area contributed by atoms with E-state index in [0.29, 0.717) is 0 Å². The summed E-state index contributed by atoms with van der Waals surface area (Å²) in [4.78, 5) is 19.0. The molecule has 0 atom stereocenters. The molecule has 24 heavy (non-hydrogen) atoms. The highest BCUT2D eigenvalue weighted by Gasteiger charge is 2.28. The van der Waals surface area contributed by atoms with Crippen molar-refractivity contribution in [1.29, 1.82) is 0 Å². The lowest BCUT2D eigenvalue weighted by molar-refractivity contribution is -0.114. The van der Waals surface area contributed by atoms with E-state index in [1.165, 1.54) is 12.5 Å². The standard InChI is InChI=1S/C16H19Br2N5O/c1-9(24)20-13-12(18)11(17)10-3-2-6-23-15(10)14(13)21-16(23)22-7-4-19-5-8-22/h19H,2-8H2,1H3,(H,20,24). The number of carbonyl (C=O) groups excluding carboxylic acids is 1. The van der Waals surface area contributed by atoms with Gasteiger partial charge in [-0.25, -0.2) is 4.98 Å². The van der Waals surface area contributed by atoms with Crippen LogP contribution in [0.25, 0.3) is 11.0 Å². The third kappa shape index (κ3) is 2.55. The first kappa shape index (κ1) is 16.4. The Morgan fingerprint density at radius 1 is 1.21 bits per heavy atom. The van der Waals surface area contributed by atoms with E-state index in [2.05, 4.69) is 52.0 Å². The van der Waals surface area contributed by atoms with E-state index >= 15 is 0 Å². The van der Waals surface area contributed by atoms with Gasteiger partial charge in [0.05, 0.1) is 15.7 Å². The minimum Gasteiger partial charge on any atom is -0.340 e. The molecule has 1 saturated heterocycles. The van der Waals surface area contributed by atoms with E-state index in [0.717, 1.165) is 77.2 Å². The van der Waals surface area contributed by atoms with Gasteiger partial charge in [0.1, 0.15) is 5.52 Å². The van der Waals surface area contributed by atoms with Crippen molar-refractivity contribution >= 4 is 60.4 Å². The van der Waals surface area contributed by atoms with Crippen molar-refractivity contribution in [3.8, 4) is 0 Å². The summed E-state index contributed by atoms with van der Waals surface area (Å²) < 4.78 is 4.22. The van der Waals surface area contributed by atoms with Gasteiger partial charge in [-0.3, -0.25) is 4.79 Å². The van der Waals surface area contributed by atoms with Gasteiger partial charge in [0.2, 0.25) is 11.9 Å². The highest BCUT2D eigenvalue weighted by molar-refractivity contribution is 9.13. The van der Waals surface area contributed by atoms with Crippen molar-refractivity contribution in [2.24, 2.45) is 0 Å². The number of hydrogen-bond acceptors (Lipinski definition) is 4. The van der Waals surface area contributed by atoms with E-state index < -0.39 is 0 Å². The summed E-state index contributed by atoms with van der Waals surface area (Å²) in [7, 11) is 0. The third-order valence-electron chi connectivity index (χ3n) is 4.66. The number of piperazine rings is 1. The third-order valence-corrected chi connectivity index (χ3v) is 6.86. The van der Waals surface area contributed by atoms with E-state index in [4.69, 9.17) is 4.98 Å². The van der Waals surface area contributed by atoms with Gasteiger partial charge in [0.25, 0.3) is 0 Å². The molecular weight excluding hydrogens is 438 g/mol. The van der Waals surface area contributed by atoms with Crippen molar-refractivity contribution in [2.45, 2.75) is 26.3 Å². The number of halogens is 2. The van der Waals surface area contributed by atoms with Crippen LogP contribution in [-0.2, 0) is 17.8 Å². The fourth-order valence-corrected chi connectivity index (χ4v) is 4.73. The molecule has 4 rings (SSSR count). The van der Waals surface area contributed by atoms with Crippen molar-refractivity contribution < 1.29 is 4.79 Å². The molecule has 0 bridgehead atoms. The number of aryl methyl sites for hydroxylation is 2. The van der Waals surface area contributed by atoms with E-state index in [-0.39, 0.29) is 5.91 Å². The summed E-state index contributed by atoms with van der Waals surface area (Å²) in [5.41, 5.74) is 4.05. The SMILES string of the molecule is CC(=O)Nc1c(Br)c(Br)c2c3c1nc(N1CCNCC1)n3CCC2. The average Bonchev–Trinajstić information content (AvgIpc) is 2.98. The number of aromatic nitrogens is 2. The predicted octanol–water partition coefficient (Wildman–Crippen LogP) is 2.88. The number of hydrogen-bond donors (Lipinski definition) is 2. The van der Waals surface area contributed by atoms with Crippen LogP contribution < -0.4 is 15.5 Å². The molecule has 128 valence electrons. The van der Waals surface area contributed by atoms with Gasteiger partial charge < -0.3 is 20.1 Å². The van der Waals surface area contributed by atoms with Crippen LogP contribution >= 0.6 is 31.9 Å². The van der Waals surface area contributed by atoms with E-state index in [9.17, 15) is 4.79 Å². The van der Waals surface area contributed by atoms with Crippen molar-refractivity contribution in [3.63, 3.8) is 0 Å². The molecule has 0 aliphatic carbocycles. The lowest BCUT2D eigenvalue weighted by Crippen LogP contribution is -2.44. The Kier molecular flexibility index (Phi) is 4.30. The number of carbonyl (C=O) groups is 1. The molecule has 1 aromatic carbocycles. The van der Waals surface area contributed by atoms with Crippen LogP contribution in [-0.4, -0.2) is 41.6 Å². The van der Waals surface area contributed by atoms with Crippen LogP contribution in [0.1, 0.15) is 18.9 Å². The maximum Gasteiger partial charge on any atom is 0.221 e. The number of rotatable bonds is 2. The molecule has 0 unspecified atom stereocenters. The van der Waals surface area contributed by atoms with Crippen molar-refractivity contribution in [1.82, 2.24) is 14.9 Å². The number of imidazole rings is 1. The zero-order valence-corrected chi connectivity index (χ0v) is 16.6. The summed E-state index contributed by atoms with van der Waals surface area (Å²) >= 11 is 7.35. The van der Waals surface area contributed by atoms with Gasteiger partial charge in [0, 0.05) is 44.1 Å². The van der Waals surface area contributed by atoms with Gasteiger partial charge in [-0.15, -0.1) is 0 Å². The van der Waals surface area contributed by atoms with Gasteiger partial charge in [0.15, 0.2) is 0 Å². The largest absolute Gasteiger partial charge is 0.340 e. The molecule has 8 heteroatoms. The number of amides is 1. The maximum atomic E-state index is 11.7. The molecule has 1 fully saturated rings. The fourth-order valence-electron chi connectivity index (χ4n) is 3.62. The summed E-state index contributed by atoms with van der Waals surface area (Å²) in [6.07, 6.45) is 2.12. The summed E-state index contributed by atoms with van der Waals surface area (Å²) in [5, 5.41) is 6.34. The highest BCUT2D eigenvalue weighted by atomic mass is 79.9. The van der Waals surface area contributed by atoms with Crippen LogP contribution in [0.3, 0.4) is 0 Å².